The van der Waals surface area contributed by atoms with E-state index in [0.29, 0.717) is 22.5 Å². The van der Waals surface area contributed by atoms with Crippen LogP contribution in [0.2, 0.25) is 4.34 Å². The maximum absolute atomic E-state index is 12.3. The van der Waals surface area contributed by atoms with Crippen LogP contribution in [-0.2, 0) is 0 Å². The number of aromatic nitrogens is 1. The molecule has 2 heterocycles. The molecule has 1 amide bonds. The molecule has 1 N–H and O–H groups in total. The van der Waals surface area contributed by atoms with Crippen molar-refractivity contribution in [2.24, 2.45) is 5.92 Å². The number of halogens is 1. The molecule has 2 aromatic heterocycles. The summed E-state index contributed by atoms with van der Waals surface area (Å²) >= 11 is 8.79. The van der Waals surface area contributed by atoms with Gasteiger partial charge in [0, 0.05) is 19.0 Å². The second-order valence-electron chi connectivity index (χ2n) is 5.23. The first-order chi connectivity index (χ1) is 10.0. The van der Waals surface area contributed by atoms with Crippen molar-refractivity contribution in [1.29, 1.82) is 0 Å². The van der Waals surface area contributed by atoms with Crippen molar-refractivity contribution >= 4 is 40.2 Å². The lowest BCUT2D eigenvalue weighted by atomic mass is 10.2. The van der Waals surface area contributed by atoms with E-state index in [1.54, 1.807) is 17.3 Å². The molecule has 0 bridgehead atoms. The maximum atomic E-state index is 12.3. The second kappa shape index (κ2) is 6.04. The molecule has 1 saturated carbocycles. The van der Waals surface area contributed by atoms with Gasteiger partial charge in [0.1, 0.15) is 10.7 Å². The van der Waals surface area contributed by atoms with Crippen molar-refractivity contribution in [2.75, 3.05) is 13.6 Å². The van der Waals surface area contributed by atoms with Crippen molar-refractivity contribution in [3.05, 3.63) is 27.5 Å². The summed E-state index contributed by atoms with van der Waals surface area (Å²) in [6, 6.07) is 3.73. The average molecular weight is 343 g/mol. The Morgan fingerprint density at radius 1 is 1.57 bits per heavy atom. The fraction of sp³-hybridized carbons (Fsp3) is 0.429. The minimum absolute atomic E-state index is 0.153. The Labute approximate surface area is 136 Å². The van der Waals surface area contributed by atoms with E-state index in [2.05, 4.69) is 4.98 Å². The largest absolute Gasteiger partial charge is 0.391 e. The van der Waals surface area contributed by atoms with Gasteiger partial charge in [-0.15, -0.1) is 22.7 Å². The monoisotopic (exact) mass is 342 g/mol. The van der Waals surface area contributed by atoms with E-state index in [0.717, 1.165) is 22.7 Å². The van der Waals surface area contributed by atoms with Crippen LogP contribution in [0.5, 0.6) is 0 Å². The number of nitrogens with zero attached hydrogens (tertiary/aromatic N) is 2. The average Bonchev–Trinajstić information content (AvgIpc) is 3.04. The standard InChI is InChI=1S/C14H15ClN2O2S2/c1-17(6-10(18)8-2-3-8)14(19)9-7-20-13(16-9)11-4-5-12(15)21-11/h4-5,7-8,10,18H,2-3,6H2,1H3. The van der Waals surface area contributed by atoms with Crippen molar-refractivity contribution in [3.63, 3.8) is 0 Å². The fourth-order valence-electron chi connectivity index (χ4n) is 2.10. The second-order valence-corrected chi connectivity index (χ2v) is 7.81. The predicted octanol–water partition coefficient (Wildman–Crippen LogP) is 3.37. The molecule has 0 spiro atoms. The van der Waals surface area contributed by atoms with Crippen LogP contribution in [0.3, 0.4) is 0 Å². The van der Waals surface area contributed by atoms with Crippen molar-refractivity contribution in [2.45, 2.75) is 18.9 Å². The van der Waals surface area contributed by atoms with Crippen molar-refractivity contribution in [1.82, 2.24) is 9.88 Å². The van der Waals surface area contributed by atoms with Crippen LogP contribution in [-0.4, -0.2) is 40.6 Å². The molecule has 21 heavy (non-hydrogen) atoms. The Hall–Kier alpha value is -0.950. The van der Waals surface area contributed by atoms with E-state index < -0.39 is 6.10 Å². The van der Waals surface area contributed by atoms with Gasteiger partial charge in [-0.05, 0) is 30.9 Å². The highest BCUT2D eigenvalue weighted by Crippen LogP contribution is 2.34. The predicted molar refractivity (Wildman–Crippen MR) is 86.1 cm³/mol. The number of rotatable bonds is 5. The summed E-state index contributed by atoms with van der Waals surface area (Å²) in [5, 5.41) is 12.5. The third-order valence-corrected chi connectivity index (χ3v) is 5.72. The number of amides is 1. The zero-order valence-electron chi connectivity index (χ0n) is 11.5. The zero-order chi connectivity index (χ0) is 15.0. The number of carbonyl (C=O) groups excluding carboxylic acids is 1. The van der Waals surface area contributed by atoms with Gasteiger partial charge < -0.3 is 10.0 Å². The molecular weight excluding hydrogens is 328 g/mol. The van der Waals surface area contributed by atoms with Gasteiger partial charge >= 0.3 is 0 Å². The number of hydrogen-bond donors (Lipinski definition) is 1. The Bertz CT molecular complexity index is 651. The lowest BCUT2D eigenvalue weighted by Crippen LogP contribution is -2.35. The summed E-state index contributed by atoms with van der Waals surface area (Å²) in [5.74, 6) is 0.208. The van der Waals surface area contributed by atoms with Crippen LogP contribution in [0.4, 0.5) is 0 Å². The Morgan fingerprint density at radius 3 is 2.95 bits per heavy atom. The number of aliphatic hydroxyl groups excluding tert-OH is 1. The van der Waals surface area contributed by atoms with E-state index in [4.69, 9.17) is 11.6 Å². The van der Waals surface area contributed by atoms with Crippen molar-refractivity contribution < 1.29 is 9.90 Å². The smallest absolute Gasteiger partial charge is 0.273 e. The molecule has 0 aliphatic heterocycles. The molecular formula is C14H15ClN2O2S2. The van der Waals surface area contributed by atoms with Gasteiger partial charge in [-0.1, -0.05) is 11.6 Å². The molecule has 0 aromatic carbocycles. The lowest BCUT2D eigenvalue weighted by molar-refractivity contribution is 0.0641. The molecule has 7 heteroatoms. The van der Waals surface area contributed by atoms with E-state index in [1.165, 1.54) is 22.7 Å². The highest BCUT2D eigenvalue weighted by Gasteiger charge is 2.31. The summed E-state index contributed by atoms with van der Waals surface area (Å²) in [4.78, 5) is 19.2. The van der Waals surface area contributed by atoms with Crippen LogP contribution >= 0.6 is 34.3 Å². The summed E-state index contributed by atoms with van der Waals surface area (Å²) in [5.41, 5.74) is 0.421. The molecule has 0 radical (unpaired) electrons. The molecule has 1 fully saturated rings. The number of thiophene rings is 1. The number of hydrogen-bond acceptors (Lipinski definition) is 5. The highest BCUT2D eigenvalue weighted by atomic mass is 35.5. The third-order valence-electron chi connectivity index (χ3n) is 3.48. The minimum atomic E-state index is -0.423. The zero-order valence-corrected chi connectivity index (χ0v) is 13.8. The first-order valence-electron chi connectivity index (χ1n) is 6.69. The first-order valence-corrected chi connectivity index (χ1v) is 8.77. The normalized spacial score (nSPS) is 16.0. The van der Waals surface area contributed by atoms with Gasteiger partial charge in [-0.2, -0.15) is 0 Å². The van der Waals surface area contributed by atoms with Gasteiger partial charge in [-0.25, -0.2) is 4.98 Å². The molecule has 0 saturated heterocycles. The van der Waals surface area contributed by atoms with E-state index in [-0.39, 0.29) is 5.91 Å². The number of likely N-dealkylation sites (N-methyl/N-ethyl adjacent to an activating group) is 1. The first kappa shape index (κ1) is 15.0. The summed E-state index contributed by atoms with van der Waals surface area (Å²) in [6.07, 6.45) is 1.69. The van der Waals surface area contributed by atoms with Gasteiger partial charge in [0.2, 0.25) is 0 Å². The molecule has 1 atom stereocenters. The summed E-state index contributed by atoms with van der Waals surface area (Å²) < 4.78 is 0.706. The van der Waals surface area contributed by atoms with E-state index >= 15 is 0 Å². The molecule has 4 nitrogen and oxygen atoms in total. The fourth-order valence-corrected chi connectivity index (χ4v) is 4.01. The third kappa shape index (κ3) is 3.45. The van der Waals surface area contributed by atoms with Gasteiger partial charge in [0.15, 0.2) is 0 Å². The van der Waals surface area contributed by atoms with E-state index in [1.807, 2.05) is 12.1 Å². The van der Waals surface area contributed by atoms with Crippen LogP contribution in [0.15, 0.2) is 17.5 Å². The number of aliphatic hydroxyl groups is 1. The minimum Gasteiger partial charge on any atom is -0.391 e. The Kier molecular flexibility index (Phi) is 4.31. The van der Waals surface area contributed by atoms with Gasteiger partial charge in [-0.3, -0.25) is 4.79 Å². The molecule has 1 aliphatic rings. The quantitative estimate of drug-likeness (QED) is 0.906. The Morgan fingerprint density at radius 2 is 2.33 bits per heavy atom. The lowest BCUT2D eigenvalue weighted by Gasteiger charge is -2.19. The molecule has 3 rings (SSSR count). The Balaban J connectivity index is 1.68. The van der Waals surface area contributed by atoms with Gasteiger partial charge in [0.25, 0.3) is 5.91 Å². The van der Waals surface area contributed by atoms with Crippen LogP contribution < -0.4 is 0 Å². The van der Waals surface area contributed by atoms with Gasteiger partial charge in [0.05, 0.1) is 15.3 Å². The molecule has 2 aromatic rings. The molecule has 112 valence electrons. The SMILES string of the molecule is CN(CC(O)C1CC1)C(=O)c1csc(-c2ccc(Cl)s2)n1. The highest BCUT2D eigenvalue weighted by molar-refractivity contribution is 7.23. The molecule has 1 unspecified atom stereocenters. The van der Waals surface area contributed by atoms with Crippen LogP contribution in [0, 0.1) is 5.92 Å². The van der Waals surface area contributed by atoms with Crippen LogP contribution in [0.25, 0.3) is 9.88 Å². The molecule has 1 aliphatic carbocycles. The number of thiazole rings is 1. The van der Waals surface area contributed by atoms with E-state index in [9.17, 15) is 9.90 Å². The summed E-state index contributed by atoms with van der Waals surface area (Å²) in [7, 11) is 1.70. The van der Waals surface area contributed by atoms with Crippen LogP contribution in [0.1, 0.15) is 23.3 Å². The topological polar surface area (TPSA) is 53.4 Å². The maximum Gasteiger partial charge on any atom is 0.273 e. The number of carbonyl (C=O) groups is 1. The van der Waals surface area contributed by atoms with Crippen molar-refractivity contribution in [3.8, 4) is 9.88 Å². The summed E-state index contributed by atoms with van der Waals surface area (Å²) in [6.45, 7) is 0.362.